The van der Waals surface area contributed by atoms with Gasteiger partial charge in [-0.1, -0.05) is 18.2 Å². The quantitative estimate of drug-likeness (QED) is 0.899. The smallest absolute Gasteiger partial charge is 0.272 e. The van der Waals surface area contributed by atoms with Crippen LogP contribution in [0.25, 0.3) is 0 Å². The number of morpholine rings is 1. The summed E-state index contributed by atoms with van der Waals surface area (Å²) in [7, 11) is 0. The number of anilines is 1. The minimum Gasteiger partial charge on any atom is -0.378 e. The van der Waals surface area contributed by atoms with Crippen LogP contribution in [0.4, 0.5) is 10.2 Å². The fraction of sp³-hybridized carbons (Fsp3) is 0.389. The van der Waals surface area contributed by atoms with Gasteiger partial charge in [-0.05, 0) is 25.0 Å². The highest BCUT2D eigenvalue weighted by Crippen LogP contribution is 2.12. The van der Waals surface area contributed by atoms with Crippen molar-refractivity contribution in [2.75, 3.05) is 38.2 Å². The van der Waals surface area contributed by atoms with Crippen LogP contribution in [-0.4, -0.2) is 53.6 Å². The Morgan fingerprint density at radius 3 is 2.80 bits per heavy atom. The van der Waals surface area contributed by atoms with Gasteiger partial charge in [-0.15, -0.1) is 0 Å². The summed E-state index contributed by atoms with van der Waals surface area (Å²) in [6.45, 7) is 4.49. The maximum atomic E-state index is 13.6. The molecule has 0 aliphatic carbocycles. The van der Waals surface area contributed by atoms with Crippen molar-refractivity contribution in [2.45, 2.75) is 13.3 Å². The molecule has 1 fully saturated rings. The maximum Gasteiger partial charge on any atom is 0.272 e. The lowest BCUT2D eigenvalue weighted by Crippen LogP contribution is -2.41. The zero-order valence-electron chi connectivity index (χ0n) is 14.2. The number of rotatable bonds is 5. The molecule has 0 unspecified atom stereocenters. The summed E-state index contributed by atoms with van der Waals surface area (Å²) in [4.78, 5) is 22.8. The Morgan fingerprint density at radius 2 is 2.04 bits per heavy atom. The molecular weight excluding hydrogens is 323 g/mol. The Hall–Kier alpha value is -2.54. The van der Waals surface area contributed by atoms with Crippen molar-refractivity contribution < 1.29 is 13.9 Å². The van der Waals surface area contributed by atoms with Crippen molar-refractivity contribution in [1.29, 1.82) is 0 Å². The van der Waals surface area contributed by atoms with Gasteiger partial charge in [0.05, 0.1) is 13.2 Å². The molecule has 0 radical (unpaired) electrons. The van der Waals surface area contributed by atoms with Crippen molar-refractivity contribution in [3.63, 3.8) is 0 Å². The van der Waals surface area contributed by atoms with Gasteiger partial charge in [-0.3, -0.25) is 4.79 Å². The lowest BCUT2D eigenvalue weighted by molar-refractivity contribution is 0.0299. The Bertz CT molecular complexity index is 748. The highest BCUT2D eigenvalue weighted by atomic mass is 19.1. The largest absolute Gasteiger partial charge is 0.378 e. The molecule has 0 spiro atoms. The molecule has 0 saturated carbocycles. The first-order chi connectivity index (χ1) is 12.1. The van der Waals surface area contributed by atoms with E-state index >= 15 is 0 Å². The first kappa shape index (κ1) is 17.3. The number of aromatic nitrogens is 2. The number of nitrogens with zero attached hydrogens (tertiary/aromatic N) is 3. The number of amides is 1. The third kappa shape index (κ3) is 4.51. The van der Waals surface area contributed by atoms with Crippen LogP contribution in [0.15, 0.2) is 30.3 Å². The van der Waals surface area contributed by atoms with Crippen molar-refractivity contribution in [3.8, 4) is 0 Å². The van der Waals surface area contributed by atoms with Crippen LogP contribution in [-0.2, 0) is 11.2 Å². The molecule has 1 saturated heterocycles. The predicted octanol–water partition coefficient (Wildman–Crippen LogP) is 2.05. The zero-order valence-corrected chi connectivity index (χ0v) is 14.2. The summed E-state index contributed by atoms with van der Waals surface area (Å²) >= 11 is 0. The van der Waals surface area contributed by atoms with Gasteiger partial charge >= 0.3 is 0 Å². The van der Waals surface area contributed by atoms with Crippen molar-refractivity contribution >= 4 is 11.7 Å². The van der Waals surface area contributed by atoms with E-state index in [-0.39, 0.29) is 11.7 Å². The highest BCUT2D eigenvalue weighted by Gasteiger charge is 2.20. The number of hydrogen-bond donors (Lipinski definition) is 1. The molecule has 1 aromatic heterocycles. The molecular formula is C18H21FN4O2. The van der Waals surface area contributed by atoms with Crippen LogP contribution in [0.5, 0.6) is 0 Å². The minimum atomic E-state index is -0.216. The van der Waals surface area contributed by atoms with E-state index in [1.165, 1.54) is 6.07 Å². The number of carbonyl (C=O) groups is 1. The SMILES string of the molecule is Cc1nc(NCCc2ccccc2F)cc(C(=O)N2CCOCC2)n1. The van der Waals surface area contributed by atoms with Gasteiger partial charge in [-0.25, -0.2) is 14.4 Å². The molecule has 1 aromatic carbocycles. The van der Waals surface area contributed by atoms with Gasteiger partial charge in [0, 0.05) is 25.7 Å². The third-order valence-corrected chi connectivity index (χ3v) is 4.01. The first-order valence-electron chi connectivity index (χ1n) is 8.33. The Morgan fingerprint density at radius 1 is 1.28 bits per heavy atom. The average Bonchev–Trinajstić information content (AvgIpc) is 2.63. The molecule has 6 nitrogen and oxygen atoms in total. The molecule has 3 rings (SSSR count). The van der Waals surface area contributed by atoms with Crippen molar-refractivity contribution in [3.05, 3.63) is 53.2 Å². The van der Waals surface area contributed by atoms with E-state index in [9.17, 15) is 9.18 Å². The molecule has 7 heteroatoms. The highest BCUT2D eigenvalue weighted by molar-refractivity contribution is 5.93. The molecule has 0 bridgehead atoms. The molecule has 0 atom stereocenters. The second-order valence-corrected chi connectivity index (χ2v) is 5.86. The Labute approximate surface area is 146 Å². The molecule has 1 N–H and O–H groups in total. The summed E-state index contributed by atoms with van der Waals surface area (Å²) in [6.07, 6.45) is 0.530. The van der Waals surface area contributed by atoms with Crippen LogP contribution >= 0.6 is 0 Å². The van der Waals surface area contributed by atoms with Gasteiger partial charge in [-0.2, -0.15) is 0 Å². The van der Waals surface area contributed by atoms with E-state index in [0.717, 1.165) is 0 Å². The number of ether oxygens (including phenoxy) is 1. The van der Waals surface area contributed by atoms with Crippen LogP contribution in [0.2, 0.25) is 0 Å². The maximum absolute atomic E-state index is 13.6. The standard InChI is InChI=1S/C18H21FN4O2/c1-13-21-16(18(24)23-8-10-25-11-9-23)12-17(22-13)20-7-6-14-4-2-3-5-15(14)19/h2-5,12H,6-11H2,1H3,(H,20,21,22). The van der Waals surface area contributed by atoms with Crippen LogP contribution in [0.3, 0.4) is 0 Å². The summed E-state index contributed by atoms with van der Waals surface area (Å²) in [5.41, 5.74) is 1.01. The number of benzene rings is 1. The van der Waals surface area contributed by atoms with Crippen molar-refractivity contribution in [1.82, 2.24) is 14.9 Å². The fourth-order valence-corrected chi connectivity index (χ4v) is 2.72. The number of halogens is 1. The lowest BCUT2D eigenvalue weighted by Gasteiger charge is -2.26. The summed E-state index contributed by atoms with van der Waals surface area (Å²) in [5.74, 6) is 0.755. The first-order valence-corrected chi connectivity index (χ1v) is 8.33. The van der Waals surface area contributed by atoms with E-state index in [2.05, 4.69) is 15.3 Å². The monoisotopic (exact) mass is 344 g/mol. The second kappa shape index (κ2) is 8.02. The summed E-state index contributed by atoms with van der Waals surface area (Å²) in [6, 6.07) is 8.33. The van der Waals surface area contributed by atoms with Crippen molar-refractivity contribution in [2.24, 2.45) is 0 Å². The molecule has 1 amide bonds. The van der Waals surface area contributed by atoms with Crippen LogP contribution in [0, 0.1) is 12.7 Å². The normalized spacial score (nSPS) is 14.4. The van der Waals surface area contributed by atoms with Gasteiger partial charge < -0.3 is 15.0 Å². The van der Waals surface area contributed by atoms with E-state index in [0.29, 0.717) is 62.2 Å². The van der Waals surface area contributed by atoms with E-state index in [1.54, 1.807) is 30.0 Å². The number of aryl methyl sites for hydroxylation is 1. The van der Waals surface area contributed by atoms with E-state index in [4.69, 9.17) is 4.74 Å². The third-order valence-electron chi connectivity index (χ3n) is 4.01. The number of nitrogens with one attached hydrogen (secondary N) is 1. The predicted molar refractivity (Wildman–Crippen MR) is 92.1 cm³/mol. The molecule has 2 aromatic rings. The Kier molecular flexibility index (Phi) is 5.55. The van der Waals surface area contributed by atoms with Crippen LogP contribution < -0.4 is 5.32 Å². The van der Waals surface area contributed by atoms with Gasteiger partial charge in [0.15, 0.2) is 0 Å². The van der Waals surface area contributed by atoms with Crippen LogP contribution in [0.1, 0.15) is 21.9 Å². The van der Waals surface area contributed by atoms with E-state index < -0.39 is 0 Å². The molecule has 25 heavy (non-hydrogen) atoms. The lowest BCUT2D eigenvalue weighted by atomic mass is 10.1. The zero-order chi connectivity index (χ0) is 17.6. The van der Waals surface area contributed by atoms with Gasteiger partial charge in [0.2, 0.25) is 0 Å². The number of carbonyl (C=O) groups excluding carboxylic acids is 1. The van der Waals surface area contributed by atoms with Gasteiger partial charge in [0.25, 0.3) is 5.91 Å². The van der Waals surface area contributed by atoms with Gasteiger partial charge in [0.1, 0.15) is 23.2 Å². The summed E-state index contributed by atoms with van der Waals surface area (Å²) < 4.78 is 18.9. The molecule has 2 heterocycles. The molecule has 1 aliphatic heterocycles. The fourth-order valence-electron chi connectivity index (χ4n) is 2.72. The summed E-state index contributed by atoms with van der Waals surface area (Å²) in [5, 5.41) is 3.15. The topological polar surface area (TPSA) is 67.4 Å². The average molecular weight is 344 g/mol. The molecule has 132 valence electrons. The second-order valence-electron chi connectivity index (χ2n) is 5.86. The minimum absolute atomic E-state index is 0.119. The molecule has 1 aliphatic rings. The number of hydrogen-bond acceptors (Lipinski definition) is 5. The van der Waals surface area contributed by atoms with E-state index in [1.807, 2.05) is 6.07 Å². The Balaban J connectivity index is 1.65.